The Labute approximate surface area is 129 Å². The second-order valence-electron chi connectivity index (χ2n) is 4.81. The molecule has 2 aromatic rings. The molecule has 0 bridgehead atoms. The number of benzene rings is 1. The Hall–Kier alpha value is -2.27. The minimum atomic E-state index is -0.167. The lowest BCUT2D eigenvalue weighted by molar-refractivity contribution is 0.243. The fourth-order valence-electron chi connectivity index (χ4n) is 1.99. The first-order valence-corrected chi connectivity index (χ1v) is 7.42. The molecule has 1 aromatic heterocycles. The molecule has 2 rings (SSSR count). The molecule has 0 aliphatic carbocycles. The first-order valence-electron chi connectivity index (χ1n) is 7.42. The summed E-state index contributed by atoms with van der Waals surface area (Å²) in [4.78, 5) is 12.1. The Morgan fingerprint density at radius 3 is 2.50 bits per heavy atom. The van der Waals surface area contributed by atoms with E-state index in [1.807, 2.05) is 30.3 Å². The van der Waals surface area contributed by atoms with Crippen molar-refractivity contribution in [3.8, 4) is 11.5 Å². The molecule has 1 N–H and O–H groups in total. The van der Waals surface area contributed by atoms with Crippen LogP contribution >= 0.6 is 0 Å². The molecule has 0 saturated carbocycles. The fourth-order valence-corrected chi connectivity index (χ4v) is 1.99. The van der Waals surface area contributed by atoms with Crippen LogP contribution < -0.4 is 15.0 Å². The molecule has 0 amide bonds. The lowest BCUT2D eigenvalue weighted by atomic mass is 10.3. The molecular formula is C17H21NO4. The summed E-state index contributed by atoms with van der Waals surface area (Å²) < 4.78 is 12.6. The van der Waals surface area contributed by atoms with E-state index >= 15 is 0 Å². The summed E-state index contributed by atoms with van der Waals surface area (Å²) in [5.74, 6) is 1.16. The minimum Gasteiger partial charge on any atom is -0.493 e. The second kappa shape index (κ2) is 8.89. The number of para-hydroxylation sites is 1. The predicted octanol–water partition coefficient (Wildman–Crippen LogP) is 2.08. The first-order chi connectivity index (χ1) is 10.8. The molecule has 0 spiro atoms. The zero-order valence-electron chi connectivity index (χ0n) is 12.5. The predicted molar refractivity (Wildman–Crippen MR) is 84.5 cm³/mol. The molecular weight excluding hydrogens is 282 g/mol. The van der Waals surface area contributed by atoms with E-state index in [1.165, 1.54) is 0 Å². The molecule has 5 nitrogen and oxygen atoms in total. The molecule has 1 aromatic carbocycles. The monoisotopic (exact) mass is 303 g/mol. The van der Waals surface area contributed by atoms with Crippen LogP contribution in [-0.4, -0.2) is 29.5 Å². The molecule has 0 radical (unpaired) electrons. The van der Waals surface area contributed by atoms with Crippen LogP contribution in [0.1, 0.15) is 12.8 Å². The van der Waals surface area contributed by atoms with Crippen LogP contribution in [0.25, 0.3) is 0 Å². The van der Waals surface area contributed by atoms with Crippen molar-refractivity contribution in [1.82, 2.24) is 4.57 Å². The van der Waals surface area contributed by atoms with Gasteiger partial charge in [-0.3, -0.25) is 4.79 Å². The first kappa shape index (κ1) is 16.1. The number of aryl methyl sites for hydroxylation is 1. The van der Waals surface area contributed by atoms with Gasteiger partial charge in [0, 0.05) is 25.8 Å². The molecule has 0 aliphatic heterocycles. The molecule has 22 heavy (non-hydrogen) atoms. The second-order valence-corrected chi connectivity index (χ2v) is 4.81. The highest BCUT2D eigenvalue weighted by atomic mass is 16.5. The highest BCUT2D eigenvalue weighted by Crippen LogP contribution is 2.08. The Morgan fingerprint density at radius 1 is 0.955 bits per heavy atom. The smallest absolute Gasteiger partial charge is 0.292 e. The average molecular weight is 303 g/mol. The summed E-state index contributed by atoms with van der Waals surface area (Å²) in [7, 11) is 0. The molecule has 118 valence electrons. The molecule has 5 heteroatoms. The third-order valence-corrected chi connectivity index (χ3v) is 3.10. The molecule has 0 fully saturated rings. The highest BCUT2D eigenvalue weighted by molar-refractivity contribution is 5.20. The van der Waals surface area contributed by atoms with E-state index in [9.17, 15) is 4.79 Å². The third kappa shape index (κ3) is 4.93. The normalized spacial score (nSPS) is 10.4. The van der Waals surface area contributed by atoms with Crippen molar-refractivity contribution in [2.24, 2.45) is 0 Å². The Balaban J connectivity index is 1.76. The number of aliphatic hydroxyl groups excluding tert-OH is 1. The van der Waals surface area contributed by atoms with Gasteiger partial charge in [0.25, 0.3) is 5.56 Å². The van der Waals surface area contributed by atoms with Crippen LogP contribution in [0.4, 0.5) is 0 Å². The van der Waals surface area contributed by atoms with Crippen molar-refractivity contribution in [1.29, 1.82) is 0 Å². The summed E-state index contributed by atoms with van der Waals surface area (Å²) in [6, 6.07) is 13.0. The molecule has 0 saturated heterocycles. The topological polar surface area (TPSA) is 60.7 Å². The quantitative estimate of drug-likeness (QED) is 0.721. The molecule has 0 aliphatic rings. The van der Waals surface area contributed by atoms with Gasteiger partial charge in [-0.05, 0) is 30.7 Å². The maximum atomic E-state index is 12.1. The van der Waals surface area contributed by atoms with Crippen molar-refractivity contribution < 1.29 is 14.6 Å². The summed E-state index contributed by atoms with van der Waals surface area (Å²) in [6.45, 7) is 1.51. The van der Waals surface area contributed by atoms with Gasteiger partial charge in [0.05, 0.1) is 13.2 Å². The number of rotatable bonds is 9. The van der Waals surface area contributed by atoms with Gasteiger partial charge in [0.1, 0.15) is 5.75 Å². The maximum absolute atomic E-state index is 12.1. The van der Waals surface area contributed by atoms with Gasteiger partial charge in [0.15, 0.2) is 5.75 Å². The molecule has 0 atom stereocenters. The Kier molecular flexibility index (Phi) is 6.51. The summed E-state index contributed by atoms with van der Waals surface area (Å²) in [5, 5.41) is 8.82. The number of hydrogen-bond donors (Lipinski definition) is 1. The number of hydrogen-bond acceptors (Lipinski definition) is 4. The zero-order valence-corrected chi connectivity index (χ0v) is 12.5. The van der Waals surface area contributed by atoms with Crippen LogP contribution in [0.15, 0.2) is 53.5 Å². The van der Waals surface area contributed by atoms with E-state index in [0.717, 1.165) is 5.75 Å². The lowest BCUT2D eigenvalue weighted by Crippen LogP contribution is -2.22. The van der Waals surface area contributed by atoms with Crippen LogP contribution in [-0.2, 0) is 6.54 Å². The van der Waals surface area contributed by atoms with Gasteiger partial charge in [-0.25, -0.2) is 0 Å². The summed E-state index contributed by atoms with van der Waals surface area (Å²) in [5.41, 5.74) is -0.167. The number of aromatic nitrogens is 1. The van der Waals surface area contributed by atoms with Gasteiger partial charge in [-0.15, -0.1) is 0 Å². The Bertz CT molecular complexity index is 610. The van der Waals surface area contributed by atoms with E-state index in [4.69, 9.17) is 14.6 Å². The molecule has 1 heterocycles. The highest BCUT2D eigenvalue weighted by Gasteiger charge is 2.04. The van der Waals surface area contributed by atoms with Gasteiger partial charge in [-0.1, -0.05) is 18.2 Å². The van der Waals surface area contributed by atoms with Crippen LogP contribution in [0.5, 0.6) is 11.5 Å². The number of ether oxygens (including phenoxy) is 2. The van der Waals surface area contributed by atoms with Crippen LogP contribution in [0, 0.1) is 0 Å². The lowest BCUT2D eigenvalue weighted by Gasteiger charge is -2.09. The van der Waals surface area contributed by atoms with Gasteiger partial charge in [-0.2, -0.15) is 0 Å². The number of nitrogens with zero attached hydrogens (tertiary/aromatic N) is 1. The fraction of sp³-hybridized carbons (Fsp3) is 0.353. The van der Waals surface area contributed by atoms with Gasteiger partial charge >= 0.3 is 0 Å². The van der Waals surface area contributed by atoms with Crippen LogP contribution in [0.2, 0.25) is 0 Å². The van der Waals surface area contributed by atoms with E-state index in [1.54, 1.807) is 22.9 Å². The summed E-state index contributed by atoms with van der Waals surface area (Å²) >= 11 is 0. The zero-order chi connectivity index (χ0) is 15.6. The largest absolute Gasteiger partial charge is 0.493 e. The van der Waals surface area contributed by atoms with Crippen molar-refractivity contribution in [2.75, 3.05) is 19.8 Å². The maximum Gasteiger partial charge on any atom is 0.292 e. The minimum absolute atomic E-state index is 0.0638. The van der Waals surface area contributed by atoms with Crippen molar-refractivity contribution in [2.45, 2.75) is 19.4 Å². The summed E-state index contributed by atoms with van der Waals surface area (Å²) in [6.07, 6.45) is 2.94. The standard InChI is InChI=1S/C17H21NO4/c19-12-5-11-18-10-4-9-16(17(18)20)22-14-6-13-21-15-7-2-1-3-8-15/h1-4,7-10,19H,5-6,11-14H2. The van der Waals surface area contributed by atoms with Crippen molar-refractivity contribution >= 4 is 0 Å². The number of aliphatic hydroxyl groups is 1. The van der Waals surface area contributed by atoms with E-state index < -0.39 is 0 Å². The van der Waals surface area contributed by atoms with Crippen molar-refractivity contribution in [3.05, 3.63) is 59.0 Å². The Morgan fingerprint density at radius 2 is 1.73 bits per heavy atom. The SMILES string of the molecule is O=c1c(OCCCOc2ccccc2)cccn1CCCO. The molecule has 0 unspecified atom stereocenters. The van der Waals surface area contributed by atoms with Gasteiger partial charge < -0.3 is 19.1 Å². The van der Waals surface area contributed by atoms with E-state index in [2.05, 4.69) is 0 Å². The third-order valence-electron chi connectivity index (χ3n) is 3.10. The van der Waals surface area contributed by atoms with Crippen LogP contribution in [0.3, 0.4) is 0 Å². The van der Waals surface area contributed by atoms with Gasteiger partial charge in [0.2, 0.25) is 0 Å². The van der Waals surface area contributed by atoms with E-state index in [-0.39, 0.29) is 12.2 Å². The van der Waals surface area contributed by atoms with Crippen molar-refractivity contribution in [3.63, 3.8) is 0 Å². The average Bonchev–Trinajstić information content (AvgIpc) is 2.56. The van der Waals surface area contributed by atoms with E-state index in [0.29, 0.717) is 38.3 Å². The number of pyridine rings is 1.